The van der Waals surface area contributed by atoms with Gasteiger partial charge < -0.3 is 19.3 Å². The van der Waals surface area contributed by atoms with Crippen molar-refractivity contribution in [2.75, 3.05) is 14.2 Å². The number of esters is 1. The van der Waals surface area contributed by atoms with Gasteiger partial charge in [-0.1, -0.05) is 22.0 Å². The molecule has 7 heteroatoms. The first-order valence-corrected chi connectivity index (χ1v) is 8.32. The van der Waals surface area contributed by atoms with Crippen LogP contribution in [-0.2, 0) is 16.1 Å². The van der Waals surface area contributed by atoms with Gasteiger partial charge in [0, 0.05) is 16.1 Å². The van der Waals surface area contributed by atoms with Crippen molar-refractivity contribution >= 4 is 33.9 Å². The number of carboxylic acid groups (broad SMARTS) is 1. The van der Waals surface area contributed by atoms with Crippen LogP contribution in [0.4, 0.5) is 0 Å². The van der Waals surface area contributed by atoms with Gasteiger partial charge in [0.15, 0.2) is 0 Å². The van der Waals surface area contributed by atoms with Gasteiger partial charge in [0.05, 0.1) is 14.2 Å². The number of carboxylic acids is 1. The average Bonchev–Trinajstić information content (AvgIpc) is 2.64. The molecule has 0 aliphatic rings. The fourth-order valence-corrected chi connectivity index (χ4v) is 2.60. The van der Waals surface area contributed by atoms with Crippen molar-refractivity contribution in [2.24, 2.45) is 0 Å². The van der Waals surface area contributed by atoms with E-state index in [1.807, 2.05) is 0 Å². The Kier molecular flexibility index (Phi) is 6.80. The standard InChI is InChI=1S/C19H17BrO6/c1-24-16-6-3-12(4-8-18(21)22)9-13(16)11-26-17-7-5-14(20)10-15(17)19(23)25-2/h3-10H,11H2,1-2H3,(H,21,22)/b8-4+. The fraction of sp³-hybridized carbons (Fsp3) is 0.158. The highest BCUT2D eigenvalue weighted by Crippen LogP contribution is 2.27. The van der Waals surface area contributed by atoms with E-state index in [-0.39, 0.29) is 6.61 Å². The molecule has 136 valence electrons. The van der Waals surface area contributed by atoms with Crippen LogP contribution in [0.15, 0.2) is 46.9 Å². The van der Waals surface area contributed by atoms with Gasteiger partial charge in [-0.2, -0.15) is 0 Å². The summed E-state index contributed by atoms with van der Waals surface area (Å²) < 4.78 is 16.6. The lowest BCUT2D eigenvalue weighted by Gasteiger charge is -2.13. The highest BCUT2D eigenvalue weighted by molar-refractivity contribution is 9.10. The van der Waals surface area contributed by atoms with Crippen molar-refractivity contribution in [3.63, 3.8) is 0 Å². The zero-order valence-electron chi connectivity index (χ0n) is 14.2. The highest BCUT2D eigenvalue weighted by Gasteiger charge is 2.14. The fourth-order valence-electron chi connectivity index (χ4n) is 2.24. The van der Waals surface area contributed by atoms with Gasteiger partial charge in [0.2, 0.25) is 0 Å². The van der Waals surface area contributed by atoms with E-state index in [1.54, 1.807) is 36.4 Å². The Morgan fingerprint density at radius 3 is 2.50 bits per heavy atom. The molecule has 2 aromatic rings. The van der Waals surface area contributed by atoms with E-state index in [1.165, 1.54) is 20.3 Å². The minimum atomic E-state index is -1.03. The van der Waals surface area contributed by atoms with Crippen LogP contribution in [0.3, 0.4) is 0 Å². The lowest BCUT2D eigenvalue weighted by molar-refractivity contribution is -0.131. The molecule has 0 atom stereocenters. The highest BCUT2D eigenvalue weighted by atomic mass is 79.9. The number of carbonyl (C=O) groups excluding carboxylic acids is 1. The minimum Gasteiger partial charge on any atom is -0.496 e. The van der Waals surface area contributed by atoms with Crippen molar-refractivity contribution in [3.05, 3.63) is 63.6 Å². The Labute approximate surface area is 159 Å². The average molecular weight is 421 g/mol. The van der Waals surface area contributed by atoms with Crippen LogP contribution < -0.4 is 9.47 Å². The second-order valence-corrected chi connectivity index (χ2v) is 6.08. The number of hydrogen-bond donors (Lipinski definition) is 1. The van der Waals surface area contributed by atoms with Gasteiger partial charge in [0.25, 0.3) is 0 Å². The molecule has 26 heavy (non-hydrogen) atoms. The summed E-state index contributed by atoms with van der Waals surface area (Å²) in [5, 5.41) is 8.74. The summed E-state index contributed by atoms with van der Waals surface area (Å²) in [6.45, 7) is 0.129. The summed E-state index contributed by atoms with van der Waals surface area (Å²) in [7, 11) is 2.83. The van der Waals surface area contributed by atoms with Gasteiger partial charge in [0.1, 0.15) is 23.7 Å². The molecule has 0 radical (unpaired) electrons. The molecule has 0 saturated heterocycles. The molecular formula is C19H17BrO6. The number of hydrogen-bond acceptors (Lipinski definition) is 5. The second kappa shape index (κ2) is 9.05. The molecule has 0 bridgehead atoms. The molecule has 0 aliphatic heterocycles. The third-order valence-corrected chi connectivity index (χ3v) is 3.95. The van der Waals surface area contributed by atoms with Crippen molar-refractivity contribution in [2.45, 2.75) is 6.61 Å². The molecule has 0 heterocycles. The van der Waals surface area contributed by atoms with Crippen LogP contribution in [-0.4, -0.2) is 31.3 Å². The van der Waals surface area contributed by atoms with Crippen molar-refractivity contribution < 1.29 is 28.9 Å². The smallest absolute Gasteiger partial charge is 0.341 e. The Balaban J connectivity index is 2.27. The quantitative estimate of drug-likeness (QED) is 0.539. The van der Waals surface area contributed by atoms with E-state index in [0.717, 1.165) is 10.5 Å². The van der Waals surface area contributed by atoms with Crippen LogP contribution in [0.2, 0.25) is 0 Å². The van der Waals surface area contributed by atoms with Gasteiger partial charge in [-0.25, -0.2) is 9.59 Å². The largest absolute Gasteiger partial charge is 0.496 e. The number of carbonyl (C=O) groups is 2. The van der Waals surface area contributed by atoms with Gasteiger partial charge >= 0.3 is 11.9 Å². The van der Waals surface area contributed by atoms with Crippen molar-refractivity contribution in [1.82, 2.24) is 0 Å². The van der Waals surface area contributed by atoms with Crippen LogP contribution in [0.25, 0.3) is 6.08 Å². The number of methoxy groups -OCH3 is 2. The van der Waals surface area contributed by atoms with Crippen LogP contribution in [0.1, 0.15) is 21.5 Å². The Hall–Kier alpha value is -2.80. The van der Waals surface area contributed by atoms with E-state index in [4.69, 9.17) is 19.3 Å². The van der Waals surface area contributed by atoms with E-state index in [2.05, 4.69) is 15.9 Å². The molecule has 0 aliphatic carbocycles. The first-order valence-electron chi connectivity index (χ1n) is 7.53. The summed E-state index contributed by atoms with van der Waals surface area (Å²) in [6, 6.07) is 10.3. The first kappa shape index (κ1) is 19.5. The van der Waals surface area contributed by atoms with E-state index in [9.17, 15) is 9.59 Å². The summed E-state index contributed by atoms with van der Waals surface area (Å²) in [5.74, 6) is -0.578. The summed E-state index contributed by atoms with van der Waals surface area (Å²) in [5.41, 5.74) is 1.69. The monoisotopic (exact) mass is 420 g/mol. The minimum absolute atomic E-state index is 0.129. The first-order chi connectivity index (χ1) is 12.4. The summed E-state index contributed by atoms with van der Waals surface area (Å²) in [6.07, 6.45) is 2.53. The zero-order valence-corrected chi connectivity index (χ0v) is 15.8. The number of aliphatic carboxylic acids is 1. The molecule has 2 rings (SSSR count). The number of benzene rings is 2. The predicted octanol–water partition coefficient (Wildman–Crippen LogP) is 3.92. The van der Waals surface area contributed by atoms with Gasteiger partial charge in [-0.3, -0.25) is 0 Å². The number of ether oxygens (including phenoxy) is 3. The Morgan fingerprint density at radius 1 is 1.12 bits per heavy atom. The normalized spacial score (nSPS) is 10.6. The SMILES string of the molecule is COC(=O)c1cc(Br)ccc1OCc1cc(/C=C/C(=O)O)ccc1OC. The summed E-state index contributed by atoms with van der Waals surface area (Å²) >= 11 is 3.31. The van der Waals surface area contributed by atoms with Gasteiger partial charge in [-0.05, 0) is 42.0 Å². The molecule has 0 unspecified atom stereocenters. The molecule has 0 fully saturated rings. The molecular weight excluding hydrogens is 404 g/mol. The Bertz CT molecular complexity index is 844. The van der Waals surface area contributed by atoms with Crippen LogP contribution >= 0.6 is 15.9 Å². The topological polar surface area (TPSA) is 82.1 Å². The third kappa shape index (κ3) is 5.10. The van der Waals surface area contributed by atoms with E-state index >= 15 is 0 Å². The second-order valence-electron chi connectivity index (χ2n) is 5.16. The predicted molar refractivity (Wildman–Crippen MR) is 99.5 cm³/mol. The molecule has 0 spiro atoms. The van der Waals surface area contributed by atoms with Crippen LogP contribution in [0.5, 0.6) is 11.5 Å². The zero-order chi connectivity index (χ0) is 19.1. The van der Waals surface area contributed by atoms with Crippen LogP contribution in [0, 0.1) is 0 Å². The maximum Gasteiger partial charge on any atom is 0.341 e. The number of halogens is 1. The lowest BCUT2D eigenvalue weighted by Crippen LogP contribution is -2.06. The van der Waals surface area contributed by atoms with E-state index < -0.39 is 11.9 Å². The van der Waals surface area contributed by atoms with Crippen molar-refractivity contribution in [1.29, 1.82) is 0 Å². The van der Waals surface area contributed by atoms with Gasteiger partial charge in [-0.15, -0.1) is 0 Å². The Morgan fingerprint density at radius 2 is 1.85 bits per heavy atom. The maximum atomic E-state index is 11.9. The van der Waals surface area contributed by atoms with E-state index in [0.29, 0.717) is 28.2 Å². The molecule has 0 aromatic heterocycles. The molecule has 6 nitrogen and oxygen atoms in total. The lowest BCUT2D eigenvalue weighted by atomic mass is 10.1. The van der Waals surface area contributed by atoms with Crippen molar-refractivity contribution in [3.8, 4) is 11.5 Å². The number of rotatable bonds is 7. The molecule has 0 saturated carbocycles. The third-order valence-electron chi connectivity index (χ3n) is 3.45. The molecule has 2 aromatic carbocycles. The molecule has 0 amide bonds. The molecule has 1 N–H and O–H groups in total. The summed E-state index contributed by atoms with van der Waals surface area (Å²) in [4.78, 5) is 22.6. The maximum absolute atomic E-state index is 11.9.